The number of aromatic nitrogens is 1. The summed E-state index contributed by atoms with van der Waals surface area (Å²) in [5.41, 5.74) is 1.90. The summed E-state index contributed by atoms with van der Waals surface area (Å²) >= 11 is 1.41. The summed E-state index contributed by atoms with van der Waals surface area (Å²) in [6.07, 6.45) is 0.367. The van der Waals surface area contributed by atoms with Gasteiger partial charge in [-0.15, -0.1) is 0 Å². The van der Waals surface area contributed by atoms with Gasteiger partial charge in [0.05, 0.1) is 33.0 Å². The first-order valence-electron chi connectivity index (χ1n) is 9.42. The number of ether oxygens (including phenoxy) is 1. The zero-order valence-corrected chi connectivity index (χ0v) is 18.9. The maximum Gasteiger partial charge on any atom is 0.338 e. The Morgan fingerprint density at radius 3 is 2.18 bits per heavy atom. The van der Waals surface area contributed by atoms with Crippen molar-refractivity contribution in [1.29, 1.82) is 0 Å². The minimum Gasteiger partial charge on any atom is -1.00 e. The molecule has 3 aromatic rings. The molecule has 0 aliphatic heterocycles. The number of carbonyl (C=O) groups is 2. The molecule has 2 aromatic carbocycles. The number of hydrogen-bond donors (Lipinski definition) is 0. The molecule has 10 nitrogen and oxygen atoms in total. The van der Waals surface area contributed by atoms with Gasteiger partial charge in [-0.1, -0.05) is 41.7 Å². The van der Waals surface area contributed by atoms with E-state index < -0.39 is 27.2 Å². The molecule has 0 spiro atoms. The van der Waals surface area contributed by atoms with Crippen LogP contribution in [0.5, 0.6) is 0 Å². The highest BCUT2D eigenvalue weighted by Gasteiger charge is 2.22. The van der Waals surface area contributed by atoms with E-state index in [1.54, 1.807) is 24.3 Å². The normalized spacial score (nSPS) is 10.2. The molecule has 0 bridgehead atoms. The van der Waals surface area contributed by atoms with E-state index in [0.29, 0.717) is 12.0 Å². The van der Waals surface area contributed by atoms with Gasteiger partial charge in [-0.25, -0.2) is 4.79 Å². The lowest BCUT2D eigenvalue weighted by Crippen LogP contribution is -3.00. The third-order valence-corrected chi connectivity index (χ3v) is 5.83. The van der Waals surface area contributed by atoms with Crippen molar-refractivity contribution in [2.24, 2.45) is 0 Å². The Kier molecular flexibility index (Phi) is 8.71. The monoisotopic (exact) mass is 491 g/mol. The molecule has 1 aromatic heterocycles. The molecular weight excluding hydrogens is 474 g/mol. The number of nitro benzene ring substituents is 2. The highest BCUT2D eigenvalue weighted by molar-refractivity contribution is 7.09. The summed E-state index contributed by atoms with van der Waals surface area (Å²) in [5.74, 6) is -0.917. The topological polar surface area (TPSA) is 134 Å². The molecule has 0 amide bonds. The average Bonchev–Trinajstić information content (AvgIpc) is 3.13. The first-order chi connectivity index (χ1) is 15.3. The molecular formula is C21H18ClN3O7S. The van der Waals surface area contributed by atoms with Crippen LogP contribution in [0.4, 0.5) is 11.4 Å². The number of ketones is 1. The van der Waals surface area contributed by atoms with E-state index in [1.165, 1.54) is 11.3 Å². The van der Waals surface area contributed by atoms with Gasteiger partial charge in [0.1, 0.15) is 0 Å². The fraction of sp³-hybridized carbons (Fsp3) is 0.190. The molecule has 0 radical (unpaired) electrons. The van der Waals surface area contributed by atoms with Gasteiger partial charge >= 0.3 is 5.97 Å². The zero-order chi connectivity index (χ0) is 23.3. The van der Waals surface area contributed by atoms with Crippen LogP contribution < -0.4 is 17.0 Å². The predicted molar refractivity (Wildman–Crippen MR) is 114 cm³/mol. The largest absolute Gasteiger partial charge is 1.00 e. The number of esters is 1. The van der Waals surface area contributed by atoms with Crippen molar-refractivity contribution in [3.63, 3.8) is 0 Å². The fourth-order valence-electron chi connectivity index (χ4n) is 2.96. The lowest BCUT2D eigenvalue weighted by molar-refractivity contribution is -0.684. The highest BCUT2D eigenvalue weighted by atomic mass is 35.5. The molecule has 1 heterocycles. The molecule has 0 atom stereocenters. The number of Topliss-reactive ketones (excluding diaryl/α,β-unsaturated/α-hetero) is 1. The Morgan fingerprint density at radius 1 is 1.00 bits per heavy atom. The van der Waals surface area contributed by atoms with Gasteiger partial charge in [0, 0.05) is 31.0 Å². The highest BCUT2D eigenvalue weighted by Crippen LogP contribution is 2.23. The lowest BCUT2D eigenvalue weighted by atomic mass is 10.1. The second kappa shape index (κ2) is 11.2. The van der Waals surface area contributed by atoms with Crippen molar-refractivity contribution in [3.05, 3.63) is 96.0 Å². The number of non-ortho nitro benzene ring substituents is 2. The molecule has 0 aliphatic rings. The van der Waals surface area contributed by atoms with Crippen molar-refractivity contribution in [1.82, 2.24) is 0 Å². The van der Waals surface area contributed by atoms with Crippen LogP contribution >= 0.6 is 11.3 Å². The van der Waals surface area contributed by atoms with Crippen molar-refractivity contribution >= 4 is 34.5 Å². The molecule has 0 aliphatic carbocycles. The molecule has 172 valence electrons. The number of nitro groups is 2. The van der Waals surface area contributed by atoms with E-state index in [-0.39, 0.29) is 36.9 Å². The summed E-state index contributed by atoms with van der Waals surface area (Å²) in [6.45, 7) is 2.02. The van der Waals surface area contributed by atoms with Crippen molar-refractivity contribution in [3.8, 4) is 0 Å². The maximum atomic E-state index is 12.4. The Bertz CT molecular complexity index is 1170. The molecule has 0 N–H and O–H groups in total. The van der Waals surface area contributed by atoms with Gasteiger partial charge in [0.2, 0.25) is 17.8 Å². The Morgan fingerprint density at radius 2 is 1.61 bits per heavy atom. The van der Waals surface area contributed by atoms with Gasteiger partial charge in [0.25, 0.3) is 11.4 Å². The Labute approximate surface area is 198 Å². The van der Waals surface area contributed by atoms with Crippen LogP contribution in [-0.2, 0) is 17.7 Å². The summed E-state index contributed by atoms with van der Waals surface area (Å²) in [6, 6.07) is 11.6. The van der Waals surface area contributed by atoms with Gasteiger partial charge in [-0.05, 0) is 0 Å². The van der Waals surface area contributed by atoms with Crippen LogP contribution in [0.2, 0.25) is 0 Å². The second-order valence-corrected chi connectivity index (χ2v) is 7.73. The van der Waals surface area contributed by atoms with E-state index in [0.717, 1.165) is 28.8 Å². The van der Waals surface area contributed by atoms with Crippen molar-refractivity contribution < 1.29 is 41.1 Å². The average molecular weight is 492 g/mol. The minimum atomic E-state index is -0.891. The fourth-order valence-corrected chi connectivity index (χ4v) is 3.94. The molecule has 0 unspecified atom stereocenters. The van der Waals surface area contributed by atoms with E-state index in [4.69, 9.17) is 4.74 Å². The van der Waals surface area contributed by atoms with Gasteiger partial charge in [-0.2, -0.15) is 4.57 Å². The van der Waals surface area contributed by atoms with E-state index in [9.17, 15) is 29.8 Å². The van der Waals surface area contributed by atoms with Crippen molar-refractivity contribution in [2.45, 2.75) is 19.9 Å². The van der Waals surface area contributed by atoms with Crippen LogP contribution in [0.3, 0.4) is 0 Å². The third kappa shape index (κ3) is 6.40. The predicted octanol–water partition coefficient (Wildman–Crippen LogP) is 0.447. The number of halogens is 1. The molecule has 3 rings (SSSR count). The number of thiazole rings is 1. The van der Waals surface area contributed by atoms with E-state index >= 15 is 0 Å². The smallest absolute Gasteiger partial charge is 0.338 e. The Balaban J connectivity index is 0.00000385. The zero-order valence-electron chi connectivity index (χ0n) is 17.3. The van der Waals surface area contributed by atoms with E-state index in [2.05, 4.69) is 0 Å². The van der Waals surface area contributed by atoms with Crippen LogP contribution in [0.15, 0.2) is 54.0 Å². The molecule has 12 heteroatoms. The summed E-state index contributed by atoms with van der Waals surface area (Å²) in [5, 5.41) is 21.9. The standard InChI is InChI=1S/C21H18N3O7S.ClH/c1-14-20(32-13-22(14)12-19(25)15-5-3-2-4-6-15)7-8-31-21(26)16-9-17(23(27)28)11-18(10-16)24(29)30;/h2-6,9-11,13H,7-8,12H2,1H3;1H/q+1;/p-1. The molecule has 0 fully saturated rings. The van der Waals surface area contributed by atoms with E-state index in [1.807, 2.05) is 23.1 Å². The first-order valence-corrected chi connectivity index (χ1v) is 10.3. The number of benzene rings is 2. The minimum absolute atomic E-state index is 0. The molecule has 0 saturated carbocycles. The SMILES string of the molecule is Cc1c(CCOC(=O)c2cc([N+](=O)[O-])cc([N+](=O)[O-])c2)sc[n+]1CC(=O)c1ccccc1.[Cl-]. The van der Waals surface area contributed by atoms with Crippen molar-refractivity contribution in [2.75, 3.05) is 6.61 Å². The molecule has 33 heavy (non-hydrogen) atoms. The number of hydrogen-bond acceptors (Lipinski definition) is 8. The molecule has 0 saturated heterocycles. The third-order valence-electron chi connectivity index (χ3n) is 4.69. The second-order valence-electron chi connectivity index (χ2n) is 6.79. The number of nitrogens with zero attached hydrogens (tertiary/aromatic N) is 3. The first kappa shape index (κ1) is 25.6. The number of carbonyl (C=O) groups excluding carboxylic acids is 2. The quantitative estimate of drug-likeness (QED) is 0.139. The summed E-state index contributed by atoms with van der Waals surface area (Å²) in [4.78, 5) is 45.9. The number of rotatable bonds is 9. The van der Waals surface area contributed by atoms with Gasteiger partial charge in [-0.3, -0.25) is 25.0 Å². The van der Waals surface area contributed by atoms with Crippen LogP contribution in [0.1, 0.15) is 31.3 Å². The van der Waals surface area contributed by atoms with Gasteiger partial charge in [0.15, 0.2) is 5.69 Å². The Hall–Kier alpha value is -3.70. The lowest BCUT2D eigenvalue weighted by Gasteiger charge is -2.04. The summed E-state index contributed by atoms with van der Waals surface area (Å²) in [7, 11) is 0. The maximum absolute atomic E-state index is 12.4. The van der Waals surface area contributed by atoms with Crippen LogP contribution in [0, 0.1) is 27.2 Å². The summed E-state index contributed by atoms with van der Waals surface area (Å²) < 4.78 is 6.98. The van der Waals surface area contributed by atoms with Crippen LogP contribution in [-0.4, -0.2) is 28.2 Å². The van der Waals surface area contributed by atoms with Gasteiger partial charge < -0.3 is 17.1 Å². The van der Waals surface area contributed by atoms with Crippen LogP contribution in [0.25, 0.3) is 0 Å².